The fourth-order valence-corrected chi connectivity index (χ4v) is 4.11. The summed E-state index contributed by atoms with van der Waals surface area (Å²) < 4.78 is 5.29. The van der Waals surface area contributed by atoms with E-state index in [-0.39, 0.29) is 30.1 Å². The second-order valence-electron chi connectivity index (χ2n) is 7.56. The number of para-hydroxylation sites is 2. The van der Waals surface area contributed by atoms with Crippen molar-refractivity contribution in [1.29, 1.82) is 0 Å². The molecule has 7 nitrogen and oxygen atoms in total. The first kappa shape index (κ1) is 19.9. The molecule has 0 aromatic heterocycles. The molecule has 2 aromatic carbocycles. The zero-order valence-electron chi connectivity index (χ0n) is 17.0. The molecular weight excluding hydrogens is 382 g/mol. The number of benzene rings is 2. The third-order valence-electron chi connectivity index (χ3n) is 5.76. The normalized spacial score (nSPS) is 19.2. The van der Waals surface area contributed by atoms with Crippen LogP contribution in [0.25, 0.3) is 0 Å². The molecule has 7 heteroatoms. The standard InChI is InChI=1S/C23H25N3O4/c1-30-20-10-6-5-9-19(20)23(29)25-13-11-24(12-14-25)22(28)17-15-21(27)26(16-17)18-7-3-2-4-8-18/h2-10,17H,11-16H2,1H3. The van der Waals surface area contributed by atoms with Gasteiger partial charge in [-0.2, -0.15) is 0 Å². The number of carbonyl (C=O) groups is 3. The minimum absolute atomic E-state index is 0.00817. The molecule has 156 valence electrons. The summed E-state index contributed by atoms with van der Waals surface area (Å²) in [5.41, 5.74) is 1.35. The highest BCUT2D eigenvalue weighted by Gasteiger charge is 2.38. The number of nitrogens with zero attached hydrogens (tertiary/aromatic N) is 3. The maximum Gasteiger partial charge on any atom is 0.257 e. The van der Waals surface area contributed by atoms with E-state index in [0.717, 1.165) is 5.69 Å². The first-order valence-electron chi connectivity index (χ1n) is 10.1. The van der Waals surface area contributed by atoms with Crippen LogP contribution in [0.5, 0.6) is 5.75 Å². The predicted octanol–water partition coefficient (Wildman–Crippen LogP) is 2.03. The summed E-state index contributed by atoms with van der Waals surface area (Å²) in [4.78, 5) is 43.5. The fraction of sp³-hybridized carbons (Fsp3) is 0.348. The van der Waals surface area contributed by atoms with Gasteiger partial charge in [-0.25, -0.2) is 0 Å². The number of hydrogen-bond donors (Lipinski definition) is 0. The van der Waals surface area contributed by atoms with Crippen LogP contribution in [0, 0.1) is 5.92 Å². The van der Waals surface area contributed by atoms with Crippen LogP contribution >= 0.6 is 0 Å². The van der Waals surface area contributed by atoms with Crippen molar-refractivity contribution in [2.45, 2.75) is 6.42 Å². The molecule has 0 radical (unpaired) electrons. The molecule has 1 atom stereocenters. The zero-order chi connectivity index (χ0) is 21.1. The van der Waals surface area contributed by atoms with Gasteiger partial charge in [-0.05, 0) is 24.3 Å². The number of methoxy groups -OCH3 is 1. The van der Waals surface area contributed by atoms with Crippen LogP contribution in [0.3, 0.4) is 0 Å². The quantitative estimate of drug-likeness (QED) is 0.778. The summed E-state index contributed by atoms with van der Waals surface area (Å²) >= 11 is 0. The average Bonchev–Trinajstić information content (AvgIpc) is 3.20. The fourth-order valence-electron chi connectivity index (χ4n) is 4.11. The van der Waals surface area contributed by atoms with Crippen LogP contribution in [0.1, 0.15) is 16.8 Å². The van der Waals surface area contributed by atoms with Crippen molar-refractivity contribution in [1.82, 2.24) is 9.80 Å². The molecule has 0 spiro atoms. The van der Waals surface area contributed by atoms with Gasteiger partial charge in [0.2, 0.25) is 11.8 Å². The van der Waals surface area contributed by atoms with Gasteiger partial charge in [0.25, 0.3) is 5.91 Å². The van der Waals surface area contributed by atoms with Crippen molar-refractivity contribution >= 4 is 23.4 Å². The maximum atomic E-state index is 13.0. The van der Waals surface area contributed by atoms with Gasteiger partial charge in [-0.15, -0.1) is 0 Å². The lowest BCUT2D eigenvalue weighted by atomic mass is 10.1. The Morgan fingerprint density at radius 3 is 2.23 bits per heavy atom. The number of piperazine rings is 1. The molecular formula is C23H25N3O4. The Morgan fingerprint density at radius 2 is 1.53 bits per heavy atom. The highest BCUT2D eigenvalue weighted by Crippen LogP contribution is 2.27. The van der Waals surface area contributed by atoms with Gasteiger partial charge in [-0.1, -0.05) is 30.3 Å². The van der Waals surface area contributed by atoms with E-state index in [2.05, 4.69) is 0 Å². The molecule has 2 aliphatic heterocycles. The summed E-state index contributed by atoms with van der Waals surface area (Å²) in [6.07, 6.45) is 0.230. The molecule has 1 unspecified atom stereocenters. The van der Waals surface area contributed by atoms with Crippen LogP contribution in [0.15, 0.2) is 54.6 Å². The predicted molar refractivity (Wildman–Crippen MR) is 112 cm³/mol. The smallest absolute Gasteiger partial charge is 0.257 e. The highest BCUT2D eigenvalue weighted by molar-refractivity contribution is 6.00. The van der Waals surface area contributed by atoms with Gasteiger partial charge in [0.15, 0.2) is 0 Å². The van der Waals surface area contributed by atoms with Crippen molar-refractivity contribution < 1.29 is 19.1 Å². The van der Waals surface area contributed by atoms with E-state index in [1.807, 2.05) is 42.5 Å². The average molecular weight is 407 g/mol. The molecule has 2 aromatic rings. The number of rotatable bonds is 4. The molecule has 2 fully saturated rings. The van der Waals surface area contributed by atoms with Gasteiger partial charge in [-0.3, -0.25) is 14.4 Å². The molecule has 0 saturated carbocycles. The molecule has 3 amide bonds. The minimum atomic E-state index is -0.339. The Morgan fingerprint density at radius 1 is 0.900 bits per heavy atom. The van der Waals surface area contributed by atoms with E-state index in [1.54, 1.807) is 33.9 Å². The number of amides is 3. The number of ether oxygens (including phenoxy) is 1. The Hall–Kier alpha value is -3.35. The molecule has 30 heavy (non-hydrogen) atoms. The van der Waals surface area contributed by atoms with Gasteiger partial charge in [0.1, 0.15) is 5.75 Å². The van der Waals surface area contributed by atoms with E-state index in [0.29, 0.717) is 44.0 Å². The number of anilines is 1. The third kappa shape index (κ3) is 3.87. The Labute approximate surface area is 175 Å². The second kappa shape index (κ2) is 8.57. The highest BCUT2D eigenvalue weighted by atomic mass is 16.5. The van der Waals surface area contributed by atoms with E-state index >= 15 is 0 Å². The Balaban J connectivity index is 1.36. The molecule has 2 saturated heterocycles. The monoisotopic (exact) mass is 407 g/mol. The Bertz CT molecular complexity index is 938. The summed E-state index contributed by atoms with van der Waals surface area (Å²) in [5, 5.41) is 0. The minimum Gasteiger partial charge on any atom is -0.496 e. The van der Waals surface area contributed by atoms with E-state index in [4.69, 9.17) is 4.74 Å². The van der Waals surface area contributed by atoms with Crippen LogP contribution < -0.4 is 9.64 Å². The largest absolute Gasteiger partial charge is 0.496 e. The second-order valence-corrected chi connectivity index (χ2v) is 7.56. The van der Waals surface area contributed by atoms with Crippen LogP contribution in [-0.4, -0.2) is 67.4 Å². The molecule has 2 heterocycles. The topological polar surface area (TPSA) is 70.2 Å². The SMILES string of the molecule is COc1ccccc1C(=O)N1CCN(C(=O)C2CC(=O)N(c3ccccc3)C2)CC1. The summed E-state index contributed by atoms with van der Waals surface area (Å²) in [6, 6.07) is 16.6. The van der Waals surface area contributed by atoms with Crippen LogP contribution in [0.4, 0.5) is 5.69 Å². The van der Waals surface area contributed by atoms with Crippen molar-refractivity contribution in [3.63, 3.8) is 0 Å². The lowest BCUT2D eigenvalue weighted by Crippen LogP contribution is -2.52. The Kier molecular flexibility index (Phi) is 5.70. The van der Waals surface area contributed by atoms with Gasteiger partial charge in [0, 0.05) is 44.8 Å². The molecule has 2 aliphatic rings. The third-order valence-corrected chi connectivity index (χ3v) is 5.76. The summed E-state index contributed by atoms with van der Waals surface area (Å²) in [6.45, 7) is 2.27. The van der Waals surface area contributed by atoms with Gasteiger partial charge >= 0.3 is 0 Å². The van der Waals surface area contributed by atoms with E-state index in [1.165, 1.54) is 0 Å². The van der Waals surface area contributed by atoms with Crippen LogP contribution in [-0.2, 0) is 9.59 Å². The van der Waals surface area contributed by atoms with Crippen molar-refractivity contribution in [2.24, 2.45) is 5.92 Å². The first-order chi connectivity index (χ1) is 14.6. The first-order valence-corrected chi connectivity index (χ1v) is 10.1. The van der Waals surface area contributed by atoms with Crippen LogP contribution in [0.2, 0.25) is 0 Å². The summed E-state index contributed by atoms with van der Waals surface area (Å²) in [5.74, 6) is 0.0854. The molecule has 0 aliphatic carbocycles. The van der Waals surface area contributed by atoms with Crippen molar-refractivity contribution in [2.75, 3.05) is 44.7 Å². The zero-order valence-corrected chi connectivity index (χ0v) is 17.0. The van der Waals surface area contributed by atoms with E-state index < -0.39 is 0 Å². The molecule has 0 bridgehead atoms. The van der Waals surface area contributed by atoms with Crippen molar-refractivity contribution in [3.8, 4) is 5.75 Å². The number of carbonyl (C=O) groups excluding carboxylic acids is 3. The lowest BCUT2D eigenvalue weighted by molar-refractivity contribution is -0.137. The number of hydrogen-bond acceptors (Lipinski definition) is 4. The van der Waals surface area contributed by atoms with Crippen molar-refractivity contribution in [3.05, 3.63) is 60.2 Å². The van der Waals surface area contributed by atoms with Gasteiger partial charge < -0.3 is 19.4 Å². The lowest BCUT2D eigenvalue weighted by Gasteiger charge is -2.36. The molecule has 0 N–H and O–H groups in total. The van der Waals surface area contributed by atoms with Gasteiger partial charge in [0.05, 0.1) is 18.6 Å². The molecule has 4 rings (SSSR count). The summed E-state index contributed by atoms with van der Waals surface area (Å²) in [7, 11) is 1.55. The maximum absolute atomic E-state index is 13.0. The van der Waals surface area contributed by atoms with E-state index in [9.17, 15) is 14.4 Å².